The first-order valence-corrected chi connectivity index (χ1v) is 14.0. The van der Waals surface area contributed by atoms with Crippen molar-refractivity contribution in [3.05, 3.63) is 78.4 Å². The molecule has 1 aliphatic heterocycles. The summed E-state index contributed by atoms with van der Waals surface area (Å²) in [5.74, 6) is -2.64. The van der Waals surface area contributed by atoms with Crippen LogP contribution in [0.2, 0.25) is 0 Å². The molecule has 0 aromatic heterocycles. The molecule has 1 aliphatic rings. The molecule has 38 heavy (non-hydrogen) atoms. The molecule has 4 rings (SSSR count). The van der Waals surface area contributed by atoms with Gasteiger partial charge in [0.15, 0.2) is 0 Å². The Morgan fingerprint density at radius 2 is 1.71 bits per heavy atom. The lowest BCUT2D eigenvalue weighted by atomic mass is 10.1. The second-order valence-corrected chi connectivity index (χ2v) is 11.9. The molecule has 1 fully saturated rings. The zero-order chi connectivity index (χ0) is 27.4. The van der Waals surface area contributed by atoms with Crippen molar-refractivity contribution in [1.82, 2.24) is 14.5 Å². The highest BCUT2D eigenvalue weighted by Gasteiger charge is 2.44. The summed E-state index contributed by atoms with van der Waals surface area (Å²) < 4.78 is 28.1. The van der Waals surface area contributed by atoms with Crippen molar-refractivity contribution in [3.63, 3.8) is 0 Å². The molecule has 200 valence electrons. The van der Waals surface area contributed by atoms with Gasteiger partial charge in [-0.2, -0.15) is 16.9 Å². The van der Waals surface area contributed by atoms with Gasteiger partial charge in [0.1, 0.15) is 12.1 Å². The lowest BCUT2D eigenvalue weighted by Gasteiger charge is -2.25. The summed E-state index contributed by atoms with van der Waals surface area (Å²) in [6.07, 6.45) is -0.366. The summed E-state index contributed by atoms with van der Waals surface area (Å²) in [7, 11) is -2.53. The van der Waals surface area contributed by atoms with Crippen molar-refractivity contribution in [2.75, 3.05) is 13.6 Å². The highest BCUT2D eigenvalue weighted by atomic mass is 32.2. The van der Waals surface area contributed by atoms with Crippen LogP contribution in [0.25, 0.3) is 10.8 Å². The minimum atomic E-state index is -4.08. The number of hydrogen-bond donors (Lipinski definition) is 3. The Hall–Kier alpha value is -3.41. The van der Waals surface area contributed by atoms with Gasteiger partial charge in [-0.1, -0.05) is 60.7 Å². The minimum Gasteiger partial charge on any atom is -0.480 e. The molecule has 0 spiro atoms. The van der Waals surface area contributed by atoms with Gasteiger partial charge in [-0.3, -0.25) is 9.59 Å². The van der Waals surface area contributed by atoms with Crippen LogP contribution in [0.3, 0.4) is 0 Å². The Labute approximate surface area is 226 Å². The number of nitrogens with one attached hydrogen (secondary N) is 1. The van der Waals surface area contributed by atoms with Crippen LogP contribution in [0.5, 0.6) is 0 Å². The zero-order valence-corrected chi connectivity index (χ0v) is 22.4. The predicted molar refractivity (Wildman–Crippen MR) is 146 cm³/mol. The molecular weight excluding hydrogens is 526 g/mol. The Bertz CT molecular complexity index is 1450. The van der Waals surface area contributed by atoms with Crippen molar-refractivity contribution in [2.24, 2.45) is 0 Å². The number of carboxylic acid groups (broad SMARTS) is 1. The fraction of sp³-hybridized carbons (Fsp3) is 0.296. The Morgan fingerprint density at radius 3 is 2.39 bits per heavy atom. The standard InChI is InChI=1S/C27H29N3O6S2/c1-29(16-18-7-3-2-4-8-18)25(31)15-23(27(33)34)28-26(32)24-14-21(37)17-30(24)38(35,36)22-12-11-19-9-5-6-10-20(19)13-22/h2-13,21,23-24,37H,14-17H2,1H3,(H,28,32)(H,33,34)/t21-,23+,24+/m1/s1. The van der Waals surface area contributed by atoms with Crippen LogP contribution in [-0.4, -0.2) is 71.4 Å². The maximum absolute atomic E-state index is 13.5. The number of hydrogen-bond acceptors (Lipinski definition) is 6. The van der Waals surface area contributed by atoms with Crippen LogP contribution in [0, 0.1) is 0 Å². The van der Waals surface area contributed by atoms with Crippen LogP contribution in [0.1, 0.15) is 18.4 Å². The van der Waals surface area contributed by atoms with Crippen molar-refractivity contribution < 1.29 is 27.9 Å². The molecule has 3 aromatic rings. The molecule has 11 heteroatoms. The van der Waals surface area contributed by atoms with E-state index >= 15 is 0 Å². The topological polar surface area (TPSA) is 124 Å². The monoisotopic (exact) mass is 555 g/mol. The van der Waals surface area contributed by atoms with E-state index in [1.807, 2.05) is 42.5 Å². The van der Waals surface area contributed by atoms with E-state index in [0.717, 1.165) is 20.6 Å². The fourth-order valence-electron chi connectivity index (χ4n) is 4.50. The predicted octanol–water partition coefficient (Wildman–Crippen LogP) is 2.52. The lowest BCUT2D eigenvalue weighted by molar-refractivity contribution is -0.145. The molecule has 3 atom stereocenters. The van der Waals surface area contributed by atoms with Crippen LogP contribution in [0.15, 0.2) is 77.7 Å². The molecule has 0 bridgehead atoms. The number of fused-ring (bicyclic) bond motifs is 1. The average molecular weight is 556 g/mol. The number of carbonyl (C=O) groups is 3. The van der Waals surface area contributed by atoms with E-state index in [9.17, 15) is 27.9 Å². The number of rotatable bonds is 9. The second kappa shape index (κ2) is 11.5. The summed E-state index contributed by atoms with van der Waals surface area (Å²) in [6.45, 7) is 0.272. The van der Waals surface area contributed by atoms with Crippen LogP contribution < -0.4 is 5.32 Å². The van der Waals surface area contributed by atoms with E-state index in [1.54, 1.807) is 31.3 Å². The third kappa shape index (κ3) is 6.17. The molecule has 0 saturated carbocycles. The summed E-state index contributed by atoms with van der Waals surface area (Å²) in [4.78, 5) is 39.3. The average Bonchev–Trinajstić information content (AvgIpc) is 3.31. The van der Waals surface area contributed by atoms with E-state index in [1.165, 1.54) is 11.0 Å². The molecular formula is C27H29N3O6S2. The van der Waals surface area contributed by atoms with Gasteiger partial charge in [0.25, 0.3) is 0 Å². The molecule has 1 heterocycles. The number of thiol groups is 1. The van der Waals surface area contributed by atoms with Crippen molar-refractivity contribution in [3.8, 4) is 0 Å². The zero-order valence-electron chi connectivity index (χ0n) is 20.7. The highest BCUT2D eigenvalue weighted by molar-refractivity contribution is 7.89. The fourth-order valence-corrected chi connectivity index (χ4v) is 6.66. The highest BCUT2D eigenvalue weighted by Crippen LogP contribution is 2.30. The summed E-state index contributed by atoms with van der Waals surface area (Å²) in [5, 5.41) is 13.3. The molecule has 3 aromatic carbocycles. The van der Waals surface area contributed by atoms with Gasteiger partial charge < -0.3 is 15.3 Å². The maximum Gasteiger partial charge on any atom is 0.326 e. The van der Waals surface area contributed by atoms with Crippen molar-refractivity contribution >= 4 is 51.2 Å². The molecule has 0 aliphatic carbocycles. The van der Waals surface area contributed by atoms with Gasteiger partial charge in [-0.25, -0.2) is 13.2 Å². The van der Waals surface area contributed by atoms with Gasteiger partial charge in [0.2, 0.25) is 21.8 Å². The summed E-state index contributed by atoms with van der Waals surface area (Å²) in [6, 6.07) is 18.6. The van der Waals surface area contributed by atoms with Gasteiger partial charge in [-0.15, -0.1) is 0 Å². The van der Waals surface area contributed by atoms with Crippen molar-refractivity contribution in [1.29, 1.82) is 0 Å². The molecule has 0 radical (unpaired) electrons. The SMILES string of the molecule is CN(Cc1ccccc1)C(=O)C[C@H](NC(=O)[C@@H]1C[C@@H](S)CN1S(=O)(=O)c1ccc2ccccc2c1)C(=O)O. The Kier molecular flexibility index (Phi) is 8.39. The van der Waals surface area contributed by atoms with E-state index in [0.29, 0.717) is 0 Å². The number of nitrogens with zero attached hydrogens (tertiary/aromatic N) is 2. The number of benzene rings is 3. The quantitative estimate of drug-likeness (QED) is 0.349. The number of carbonyl (C=O) groups excluding carboxylic acids is 2. The van der Waals surface area contributed by atoms with Gasteiger partial charge in [-0.05, 0) is 34.9 Å². The van der Waals surface area contributed by atoms with E-state index < -0.39 is 51.6 Å². The Balaban J connectivity index is 1.49. The van der Waals surface area contributed by atoms with Crippen LogP contribution >= 0.6 is 12.6 Å². The van der Waals surface area contributed by atoms with Crippen molar-refractivity contribution in [2.45, 2.75) is 41.6 Å². The molecule has 2 amide bonds. The van der Waals surface area contributed by atoms with E-state index in [2.05, 4.69) is 17.9 Å². The first kappa shape index (κ1) is 27.6. The third-order valence-corrected chi connectivity index (χ3v) is 8.79. The third-order valence-electron chi connectivity index (χ3n) is 6.55. The molecule has 1 saturated heterocycles. The molecule has 2 N–H and O–H groups in total. The van der Waals surface area contributed by atoms with Gasteiger partial charge in [0, 0.05) is 25.4 Å². The number of aliphatic carboxylic acids is 1. The smallest absolute Gasteiger partial charge is 0.326 e. The molecule has 0 unspecified atom stereocenters. The minimum absolute atomic E-state index is 0.00710. The Morgan fingerprint density at radius 1 is 1.05 bits per heavy atom. The summed E-state index contributed by atoms with van der Waals surface area (Å²) in [5.41, 5.74) is 0.875. The van der Waals surface area contributed by atoms with Crippen LogP contribution in [-0.2, 0) is 31.0 Å². The first-order chi connectivity index (χ1) is 18.1. The normalized spacial score (nSPS) is 18.7. The van der Waals surface area contributed by atoms with Crippen LogP contribution in [0.4, 0.5) is 0 Å². The van der Waals surface area contributed by atoms with Gasteiger partial charge >= 0.3 is 5.97 Å². The van der Waals surface area contributed by atoms with E-state index in [4.69, 9.17) is 0 Å². The lowest BCUT2D eigenvalue weighted by Crippen LogP contribution is -2.52. The first-order valence-electron chi connectivity index (χ1n) is 12.1. The van der Waals surface area contributed by atoms with Gasteiger partial charge in [0.05, 0.1) is 11.3 Å². The molecule has 9 nitrogen and oxygen atoms in total. The number of sulfonamides is 1. The largest absolute Gasteiger partial charge is 0.480 e. The maximum atomic E-state index is 13.5. The number of amides is 2. The summed E-state index contributed by atoms with van der Waals surface area (Å²) >= 11 is 4.41. The number of carboxylic acids is 1. The van der Waals surface area contributed by atoms with E-state index in [-0.39, 0.29) is 24.4 Å². The second-order valence-electron chi connectivity index (χ2n) is 9.33.